The molecule has 0 aliphatic carbocycles. The van der Waals surface area contributed by atoms with Gasteiger partial charge in [-0.2, -0.15) is 5.26 Å². The van der Waals surface area contributed by atoms with Crippen LogP contribution in [0.5, 0.6) is 0 Å². The summed E-state index contributed by atoms with van der Waals surface area (Å²) in [6.07, 6.45) is 1.61. The van der Waals surface area contributed by atoms with Crippen LogP contribution in [-0.2, 0) is 0 Å². The van der Waals surface area contributed by atoms with Gasteiger partial charge in [0.1, 0.15) is 5.40 Å². The molecular weight excluding hydrogens is 288 g/mol. The fourth-order valence-corrected chi connectivity index (χ4v) is 1.99. The quantitative estimate of drug-likeness (QED) is 0.307. The molecule has 1 heterocycles. The number of rotatable bonds is 3. The fourth-order valence-electron chi connectivity index (χ4n) is 1.25. The van der Waals surface area contributed by atoms with Crippen molar-refractivity contribution in [2.75, 3.05) is 6.26 Å². The molecule has 0 bridgehead atoms. The summed E-state index contributed by atoms with van der Waals surface area (Å²) in [5.41, 5.74) is 0.524. The lowest BCUT2D eigenvalue weighted by Gasteiger charge is -2.12. The SMILES string of the molecule is CS(S)(C#N)c1nnc(-c2ccc([N+](=O)[O-])cc2)o1. The summed E-state index contributed by atoms with van der Waals surface area (Å²) < 4.78 is 5.37. The van der Waals surface area contributed by atoms with Crippen molar-refractivity contribution in [1.29, 1.82) is 5.26 Å². The summed E-state index contributed by atoms with van der Waals surface area (Å²) in [7, 11) is -2.06. The van der Waals surface area contributed by atoms with E-state index in [1.54, 1.807) is 6.26 Å². The van der Waals surface area contributed by atoms with Crippen LogP contribution in [0.25, 0.3) is 11.5 Å². The monoisotopic (exact) mass is 296 g/mol. The number of nitrogens with zero attached hydrogens (tertiary/aromatic N) is 4. The Labute approximate surface area is 114 Å². The fraction of sp³-hybridized carbons (Fsp3) is 0.100. The number of thiocyanates is 1. The van der Waals surface area contributed by atoms with E-state index in [1.807, 2.05) is 5.40 Å². The number of nitro benzene ring substituents is 1. The second-order valence-electron chi connectivity index (χ2n) is 3.64. The Kier molecular flexibility index (Phi) is 3.46. The molecule has 0 amide bonds. The first-order chi connectivity index (χ1) is 8.94. The summed E-state index contributed by atoms with van der Waals surface area (Å²) in [5.74, 6) is 0.202. The number of aromatic nitrogens is 2. The molecule has 2 aromatic rings. The second-order valence-corrected chi connectivity index (χ2v) is 8.12. The van der Waals surface area contributed by atoms with E-state index in [9.17, 15) is 10.1 Å². The zero-order chi connectivity index (χ0) is 14.0. The Morgan fingerprint density at radius 3 is 2.58 bits per heavy atom. The van der Waals surface area contributed by atoms with Crippen LogP contribution in [0.3, 0.4) is 0 Å². The second kappa shape index (κ2) is 4.91. The van der Waals surface area contributed by atoms with Crippen molar-refractivity contribution < 1.29 is 9.34 Å². The summed E-state index contributed by atoms with van der Waals surface area (Å²) in [6, 6.07) is 5.70. The van der Waals surface area contributed by atoms with Crippen molar-refractivity contribution in [1.82, 2.24) is 10.2 Å². The van der Waals surface area contributed by atoms with Crippen LogP contribution in [0.4, 0.5) is 5.69 Å². The largest absolute Gasteiger partial charge is 0.411 e. The first-order valence-corrected chi connectivity index (χ1v) is 8.03. The highest BCUT2D eigenvalue weighted by atomic mass is 33.1. The molecule has 0 fully saturated rings. The third-order valence-electron chi connectivity index (χ3n) is 2.25. The van der Waals surface area contributed by atoms with E-state index < -0.39 is 14.0 Å². The van der Waals surface area contributed by atoms with E-state index in [4.69, 9.17) is 9.68 Å². The van der Waals surface area contributed by atoms with E-state index >= 15 is 0 Å². The molecule has 98 valence electrons. The van der Waals surface area contributed by atoms with Gasteiger partial charge in [-0.25, -0.2) is 0 Å². The molecule has 0 N–H and O–H groups in total. The average Bonchev–Trinajstić information content (AvgIpc) is 2.89. The summed E-state index contributed by atoms with van der Waals surface area (Å²) in [5, 5.41) is 29.2. The van der Waals surface area contributed by atoms with Crippen LogP contribution >= 0.6 is 20.7 Å². The molecule has 0 saturated carbocycles. The first-order valence-electron chi connectivity index (χ1n) is 4.94. The van der Waals surface area contributed by atoms with E-state index in [-0.39, 0.29) is 16.8 Å². The van der Waals surface area contributed by atoms with Gasteiger partial charge in [0.15, 0.2) is 0 Å². The van der Waals surface area contributed by atoms with Crippen molar-refractivity contribution in [3.05, 3.63) is 34.4 Å². The van der Waals surface area contributed by atoms with Crippen LogP contribution in [0.1, 0.15) is 0 Å². The van der Waals surface area contributed by atoms with E-state index in [1.165, 1.54) is 24.3 Å². The molecular formula is C10H8N4O3S2. The van der Waals surface area contributed by atoms with Gasteiger partial charge in [0.05, 0.1) is 4.92 Å². The number of hydrogen-bond acceptors (Lipinski definition) is 7. The van der Waals surface area contributed by atoms with E-state index in [0.29, 0.717) is 5.56 Å². The molecule has 7 nitrogen and oxygen atoms in total. The molecule has 2 rings (SSSR count). The smallest absolute Gasteiger partial charge is 0.280 e. The Balaban J connectivity index is 2.34. The lowest BCUT2D eigenvalue weighted by molar-refractivity contribution is -0.384. The number of benzene rings is 1. The third-order valence-corrected chi connectivity index (χ3v) is 4.16. The van der Waals surface area contributed by atoms with Crippen molar-refractivity contribution in [2.24, 2.45) is 0 Å². The van der Waals surface area contributed by atoms with Crippen LogP contribution in [-0.4, -0.2) is 21.4 Å². The van der Waals surface area contributed by atoms with Crippen molar-refractivity contribution in [3.63, 3.8) is 0 Å². The summed E-state index contributed by atoms with van der Waals surface area (Å²) in [6.45, 7) is 0. The molecule has 1 unspecified atom stereocenters. The normalized spacial score (nSPS) is 15.2. The average molecular weight is 296 g/mol. The van der Waals surface area contributed by atoms with Crippen molar-refractivity contribution >= 4 is 26.4 Å². The predicted octanol–water partition coefficient (Wildman–Crippen LogP) is 2.76. The van der Waals surface area contributed by atoms with Crippen LogP contribution in [0.15, 0.2) is 33.9 Å². The maximum absolute atomic E-state index is 10.5. The van der Waals surface area contributed by atoms with Gasteiger partial charge in [0.25, 0.3) is 10.9 Å². The minimum atomic E-state index is -2.06. The highest BCUT2D eigenvalue weighted by molar-refractivity contribution is 8.89. The Morgan fingerprint density at radius 1 is 1.42 bits per heavy atom. The van der Waals surface area contributed by atoms with Gasteiger partial charge in [-0.05, 0) is 27.4 Å². The molecule has 0 spiro atoms. The van der Waals surface area contributed by atoms with Gasteiger partial charge < -0.3 is 4.42 Å². The molecule has 0 radical (unpaired) electrons. The lowest BCUT2D eigenvalue weighted by Crippen LogP contribution is -1.87. The highest BCUT2D eigenvalue weighted by Gasteiger charge is 2.23. The molecule has 0 saturated heterocycles. The summed E-state index contributed by atoms with van der Waals surface area (Å²) in [4.78, 5) is 10.0. The third kappa shape index (κ3) is 2.69. The van der Waals surface area contributed by atoms with Crippen LogP contribution < -0.4 is 0 Å². The number of non-ortho nitro benzene ring substituents is 1. The number of thiol groups is 1. The molecule has 1 atom stereocenters. The standard InChI is InChI=1S/C10H8N4O3S2/c1-19(18,6-11)10-13-12-9(17-10)7-2-4-8(5-3-7)14(15)16/h2-5,18H,1H3. The Morgan fingerprint density at radius 2 is 2.05 bits per heavy atom. The Hall–Kier alpha value is -2.05. The first kappa shape index (κ1) is 13.4. The zero-order valence-electron chi connectivity index (χ0n) is 9.68. The molecule has 19 heavy (non-hydrogen) atoms. The van der Waals surface area contributed by atoms with Gasteiger partial charge in [0, 0.05) is 17.7 Å². The van der Waals surface area contributed by atoms with Crippen LogP contribution in [0.2, 0.25) is 0 Å². The Bertz CT molecular complexity index is 660. The maximum atomic E-state index is 10.5. The van der Waals surface area contributed by atoms with Gasteiger partial charge in [-0.3, -0.25) is 10.1 Å². The van der Waals surface area contributed by atoms with Crippen LogP contribution in [0, 0.1) is 20.8 Å². The number of nitriles is 1. The van der Waals surface area contributed by atoms with Crippen molar-refractivity contribution in [3.8, 4) is 16.9 Å². The predicted molar refractivity (Wildman–Crippen MR) is 72.8 cm³/mol. The van der Waals surface area contributed by atoms with Gasteiger partial charge >= 0.3 is 0 Å². The maximum Gasteiger partial charge on any atom is 0.280 e. The van der Waals surface area contributed by atoms with Gasteiger partial charge in [0.2, 0.25) is 5.89 Å². The highest BCUT2D eigenvalue weighted by Crippen LogP contribution is 2.55. The number of nitro groups is 1. The van der Waals surface area contributed by atoms with Gasteiger partial charge in [-0.1, -0.05) is 0 Å². The van der Waals surface area contributed by atoms with E-state index in [2.05, 4.69) is 21.9 Å². The van der Waals surface area contributed by atoms with Crippen molar-refractivity contribution in [2.45, 2.75) is 5.22 Å². The molecule has 1 aromatic carbocycles. The molecule has 0 aliphatic rings. The minimum absolute atomic E-state index is 0.0230. The number of hydrogen-bond donors (Lipinski definition) is 1. The lowest BCUT2D eigenvalue weighted by atomic mass is 10.2. The van der Waals surface area contributed by atoms with E-state index in [0.717, 1.165) is 0 Å². The minimum Gasteiger partial charge on any atom is -0.411 e. The molecule has 1 aromatic heterocycles. The topological polar surface area (TPSA) is 106 Å². The molecule has 9 heteroatoms. The summed E-state index contributed by atoms with van der Waals surface area (Å²) >= 11 is 4.18. The van der Waals surface area contributed by atoms with Gasteiger partial charge in [-0.15, -0.1) is 21.9 Å². The zero-order valence-corrected chi connectivity index (χ0v) is 11.4. The molecule has 0 aliphatic heterocycles.